The summed E-state index contributed by atoms with van der Waals surface area (Å²) in [5.41, 5.74) is 5.25. The molecule has 0 saturated carbocycles. The third-order valence-electron chi connectivity index (χ3n) is 1.38. The highest BCUT2D eigenvalue weighted by Gasteiger charge is 2.07. The summed E-state index contributed by atoms with van der Waals surface area (Å²) >= 11 is 7.35. The van der Waals surface area contributed by atoms with Crippen molar-refractivity contribution in [3.63, 3.8) is 0 Å². The molecular formula is C7H10ClNOS. The molecule has 0 aliphatic carbocycles. The van der Waals surface area contributed by atoms with E-state index >= 15 is 0 Å². The van der Waals surface area contributed by atoms with Gasteiger partial charge in [-0.1, -0.05) is 11.6 Å². The molecule has 0 radical (unpaired) electrons. The SMILES string of the molecule is NCC(O)Cc1sccc1Cl. The minimum absolute atomic E-state index is 0.286. The number of hydrogen-bond donors (Lipinski definition) is 2. The van der Waals surface area contributed by atoms with Gasteiger partial charge in [0.15, 0.2) is 0 Å². The lowest BCUT2D eigenvalue weighted by molar-refractivity contribution is 0.184. The second-order valence-electron chi connectivity index (χ2n) is 2.29. The predicted octanol–water partition coefficient (Wildman–Crippen LogP) is 1.26. The Kier molecular flexibility index (Phi) is 3.33. The van der Waals surface area contributed by atoms with E-state index in [1.54, 1.807) is 11.3 Å². The number of rotatable bonds is 3. The van der Waals surface area contributed by atoms with Crippen LogP contribution in [0.1, 0.15) is 4.88 Å². The van der Waals surface area contributed by atoms with Gasteiger partial charge in [0.05, 0.1) is 11.1 Å². The van der Waals surface area contributed by atoms with Gasteiger partial charge in [0.25, 0.3) is 0 Å². The first-order chi connectivity index (χ1) is 5.24. The van der Waals surface area contributed by atoms with Crippen molar-refractivity contribution in [3.05, 3.63) is 21.3 Å². The summed E-state index contributed by atoms with van der Waals surface area (Å²) in [5.74, 6) is 0. The van der Waals surface area contributed by atoms with Crippen LogP contribution in [0.3, 0.4) is 0 Å². The number of hydrogen-bond acceptors (Lipinski definition) is 3. The monoisotopic (exact) mass is 191 g/mol. The number of thiophene rings is 1. The molecule has 3 N–H and O–H groups in total. The Bertz CT molecular complexity index is 226. The standard InChI is InChI=1S/C7H10ClNOS/c8-6-1-2-11-7(6)3-5(10)4-9/h1-2,5,10H,3-4,9H2. The highest BCUT2D eigenvalue weighted by atomic mass is 35.5. The fourth-order valence-corrected chi connectivity index (χ4v) is 1.95. The fraction of sp³-hybridized carbons (Fsp3) is 0.429. The molecule has 0 aliphatic heterocycles. The van der Waals surface area contributed by atoms with Gasteiger partial charge in [-0.3, -0.25) is 0 Å². The third-order valence-corrected chi connectivity index (χ3v) is 2.79. The van der Waals surface area contributed by atoms with Crippen molar-refractivity contribution in [1.82, 2.24) is 0 Å². The van der Waals surface area contributed by atoms with Crippen molar-refractivity contribution in [3.8, 4) is 0 Å². The molecule has 4 heteroatoms. The molecule has 11 heavy (non-hydrogen) atoms. The third kappa shape index (κ3) is 2.45. The first kappa shape index (κ1) is 9.00. The minimum Gasteiger partial charge on any atom is -0.391 e. The number of nitrogens with two attached hydrogens (primary N) is 1. The van der Waals surface area contributed by atoms with Crippen LogP contribution >= 0.6 is 22.9 Å². The molecule has 1 heterocycles. The Morgan fingerprint density at radius 2 is 2.45 bits per heavy atom. The van der Waals surface area contributed by atoms with Crippen molar-refractivity contribution in [2.75, 3.05) is 6.54 Å². The Balaban J connectivity index is 2.56. The van der Waals surface area contributed by atoms with Gasteiger partial charge in [-0.2, -0.15) is 0 Å². The van der Waals surface area contributed by atoms with E-state index in [0.29, 0.717) is 6.42 Å². The molecule has 0 bridgehead atoms. The van der Waals surface area contributed by atoms with E-state index in [2.05, 4.69) is 0 Å². The van der Waals surface area contributed by atoms with Gasteiger partial charge in [-0.05, 0) is 11.4 Å². The Morgan fingerprint density at radius 1 is 1.73 bits per heavy atom. The van der Waals surface area contributed by atoms with Crippen molar-refractivity contribution < 1.29 is 5.11 Å². The van der Waals surface area contributed by atoms with Crippen LogP contribution in [0.5, 0.6) is 0 Å². The predicted molar refractivity (Wildman–Crippen MR) is 48.1 cm³/mol. The fourth-order valence-electron chi connectivity index (χ4n) is 0.768. The summed E-state index contributed by atoms with van der Waals surface area (Å²) < 4.78 is 0. The van der Waals surface area contributed by atoms with Gasteiger partial charge < -0.3 is 10.8 Å². The first-order valence-electron chi connectivity index (χ1n) is 3.34. The van der Waals surface area contributed by atoms with Crippen LogP contribution in [0.25, 0.3) is 0 Å². The Hall–Kier alpha value is -0.0900. The summed E-state index contributed by atoms with van der Waals surface area (Å²) in [4.78, 5) is 1.00. The minimum atomic E-state index is -0.467. The molecule has 0 spiro atoms. The Morgan fingerprint density at radius 3 is 2.91 bits per heavy atom. The average Bonchev–Trinajstić information content (AvgIpc) is 2.37. The smallest absolute Gasteiger partial charge is 0.0711 e. The quantitative estimate of drug-likeness (QED) is 0.756. The van der Waals surface area contributed by atoms with E-state index in [9.17, 15) is 5.11 Å². The molecule has 1 unspecified atom stereocenters. The maximum absolute atomic E-state index is 9.18. The van der Waals surface area contributed by atoms with E-state index in [1.807, 2.05) is 11.4 Å². The highest BCUT2D eigenvalue weighted by Crippen LogP contribution is 2.22. The van der Waals surface area contributed by atoms with E-state index in [0.717, 1.165) is 9.90 Å². The van der Waals surface area contributed by atoms with Crippen LogP contribution in [0.4, 0.5) is 0 Å². The zero-order valence-corrected chi connectivity index (χ0v) is 7.53. The van der Waals surface area contributed by atoms with Crippen LogP contribution in [0.2, 0.25) is 5.02 Å². The van der Waals surface area contributed by atoms with Crippen LogP contribution < -0.4 is 5.73 Å². The lowest BCUT2D eigenvalue weighted by Crippen LogP contribution is -2.21. The normalized spacial score (nSPS) is 13.4. The Labute approximate surface area is 74.6 Å². The van der Waals surface area contributed by atoms with Gasteiger partial charge in [0, 0.05) is 17.8 Å². The molecule has 0 aromatic carbocycles. The molecule has 1 aromatic rings. The second-order valence-corrected chi connectivity index (χ2v) is 3.69. The maximum atomic E-state index is 9.18. The van der Waals surface area contributed by atoms with Crippen molar-refractivity contribution in [2.45, 2.75) is 12.5 Å². The zero-order chi connectivity index (χ0) is 8.27. The van der Waals surface area contributed by atoms with E-state index in [1.165, 1.54) is 0 Å². The maximum Gasteiger partial charge on any atom is 0.0711 e. The van der Waals surface area contributed by atoms with E-state index in [4.69, 9.17) is 17.3 Å². The summed E-state index contributed by atoms with van der Waals surface area (Å²) in [6.07, 6.45) is 0.0960. The molecule has 1 aromatic heterocycles. The van der Waals surface area contributed by atoms with Crippen LogP contribution in [0, 0.1) is 0 Å². The summed E-state index contributed by atoms with van der Waals surface area (Å²) in [6, 6.07) is 1.82. The lowest BCUT2D eigenvalue weighted by Gasteiger charge is -2.04. The van der Waals surface area contributed by atoms with Gasteiger partial charge in [0.1, 0.15) is 0 Å². The molecule has 0 saturated heterocycles. The molecule has 62 valence electrons. The number of halogens is 1. The van der Waals surface area contributed by atoms with Crippen LogP contribution in [0.15, 0.2) is 11.4 Å². The molecule has 0 fully saturated rings. The topological polar surface area (TPSA) is 46.2 Å². The summed E-state index contributed by atoms with van der Waals surface area (Å²) in [5, 5.41) is 11.8. The second kappa shape index (κ2) is 4.07. The van der Waals surface area contributed by atoms with Crippen molar-refractivity contribution >= 4 is 22.9 Å². The van der Waals surface area contributed by atoms with Gasteiger partial charge in [-0.15, -0.1) is 11.3 Å². The van der Waals surface area contributed by atoms with Crippen molar-refractivity contribution in [1.29, 1.82) is 0 Å². The van der Waals surface area contributed by atoms with Gasteiger partial charge >= 0.3 is 0 Å². The van der Waals surface area contributed by atoms with Gasteiger partial charge in [-0.25, -0.2) is 0 Å². The molecule has 0 aliphatic rings. The van der Waals surface area contributed by atoms with Crippen LogP contribution in [-0.2, 0) is 6.42 Å². The average molecular weight is 192 g/mol. The lowest BCUT2D eigenvalue weighted by atomic mass is 10.2. The van der Waals surface area contributed by atoms with E-state index in [-0.39, 0.29) is 6.54 Å². The summed E-state index contributed by atoms with van der Waals surface area (Å²) in [7, 11) is 0. The molecule has 2 nitrogen and oxygen atoms in total. The van der Waals surface area contributed by atoms with E-state index < -0.39 is 6.10 Å². The number of aliphatic hydroxyl groups excluding tert-OH is 1. The zero-order valence-electron chi connectivity index (χ0n) is 5.96. The molecule has 1 rings (SSSR count). The highest BCUT2D eigenvalue weighted by molar-refractivity contribution is 7.10. The molecule has 1 atom stereocenters. The summed E-state index contributed by atoms with van der Waals surface area (Å²) in [6.45, 7) is 0.286. The molecule has 0 amide bonds. The largest absolute Gasteiger partial charge is 0.391 e. The van der Waals surface area contributed by atoms with Crippen molar-refractivity contribution in [2.24, 2.45) is 5.73 Å². The van der Waals surface area contributed by atoms with Gasteiger partial charge in [0.2, 0.25) is 0 Å². The first-order valence-corrected chi connectivity index (χ1v) is 4.59. The molecular weight excluding hydrogens is 182 g/mol. The van der Waals surface area contributed by atoms with Crippen LogP contribution in [-0.4, -0.2) is 17.8 Å². The number of aliphatic hydroxyl groups is 1.